The Labute approximate surface area is 95.9 Å². The molecule has 2 aromatic heterocycles. The minimum Gasteiger partial charge on any atom is -0.349 e. The van der Waals surface area contributed by atoms with E-state index < -0.39 is 0 Å². The van der Waals surface area contributed by atoms with Crippen molar-refractivity contribution in [2.75, 3.05) is 7.05 Å². The molecule has 4 nitrogen and oxygen atoms in total. The average molecular weight is 218 g/mol. The molecule has 1 N–H and O–H groups in total. The molecule has 16 heavy (non-hydrogen) atoms. The van der Waals surface area contributed by atoms with E-state index in [2.05, 4.69) is 40.4 Å². The Hall–Kier alpha value is -1.55. The number of rotatable bonds is 4. The molecule has 0 amide bonds. The average Bonchev–Trinajstić information content (AvgIpc) is 2.87. The molecule has 0 spiro atoms. The van der Waals surface area contributed by atoms with Gasteiger partial charge in [0.1, 0.15) is 0 Å². The van der Waals surface area contributed by atoms with Gasteiger partial charge in [0.2, 0.25) is 0 Å². The van der Waals surface area contributed by atoms with Gasteiger partial charge in [-0.1, -0.05) is 0 Å². The van der Waals surface area contributed by atoms with Gasteiger partial charge >= 0.3 is 0 Å². The highest BCUT2D eigenvalue weighted by Gasteiger charge is 2.04. The summed E-state index contributed by atoms with van der Waals surface area (Å²) < 4.78 is 4.01. The molecule has 2 rings (SSSR count). The van der Waals surface area contributed by atoms with Crippen molar-refractivity contribution >= 4 is 0 Å². The normalized spacial score (nSPS) is 12.9. The van der Waals surface area contributed by atoms with Crippen LogP contribution < -0.4 is 5.32 Å². The van der Waals surface area contributed by atoms with Gasteiger partial charge in [0.15, 0.2) is 0 Å². The Bertz CT molecular complexity index is 455. The summed E-state index contributed by atoms with van der Waals surface area (Å²) in [6, 6.07) is 2.55. The van der Waals surface area contributed by atoms with Gasteiger partial charge in [0.25, 0.3) is 0 Å². The lowest BCUT2D eigenvalue weighted by molar-refractivity contribution is 0.649. The van der Waals surface area contributed by atoms with Crippen molar-refractivity contribution in [3.8, 4) is 0 Å². The molecular formula is C12H18N4. The third-order valence-corrected chi connectivity index (χ3v) is 2.83. The molecule has 0 aliphatic heterocycles. The predicted octanol–water partition coefficient (Wildman–Crippen LogP) is 1.55. The van der Waals surface area contributed by atoms with Crippen LogP contribution in [0.15, 0.2) is 30.9 Å². The van der Waals surface area contributed by atoms with Crippen molar-refractivity contribution in [1.29, 1.82) is 0 Å². The maximum atomic E-state index is 4.16. The molecule has 1 unspecified atom stereocenters. The third-order valence-electron chi connectivity index (χ3n) is 2.83. The van der Waals surface area contributed by atoms with Crippen LogP contribution in [0.1, 0.15) is 24.1 Å². The molecule has 0 bridgehead atoms. The summed E-state index contributed by atoms with van der Waals surface area (Å²) in [4.78, 5) is 0. The molecule has 1 atom stereocenters. The Balaban J connectivity index is 2.08. The molecule has 0 aliphatic rings. The Morgan fingerprint density at radius 1 is 1.44 bits per heavy atom. The quantitative estimate of drug-likeness (QED) is 0.845. The zero-order valence-electron chi connectivity index (χ0n) is 10.0. The van der Waals surface area contributed by atoms with E-state index in [0.717, 1.165) is 6.54 Å². The first-order chi connectivity index (χ1) is 7.69. The van der Waals surface area contributed by atoms with Crippen LogP contribution in [0.2, 0.25) is 0 Å². The standard InChI is InChI=1S/C12H18N4/c1-10(13-2)12-4-5-16(9-12)8-11-6-14-15(3)7-11/h4-7,9-10,13H,8H2,1-3H3. The molecule has 0 saturated heterocycles. The molecule has 0 aromatic carbocycles. The first-order valence-electron chi connectivity index (χ1n) is 5.49. The zero-order chi connectivity index (χ0) is 11.5. The fourth-order valence-corrected chi connectivity index (χ4v) is 1.74. The molecule has 0 aliphatic carbocycles. The number of nitrogens with one attached hydrogen (secondary N) is 1. The Morgan fingerprint density at radius 2 is 2.25 bits per heavy atom. The van der Waals surface area contributed by atoms with Crippen molar-refractivity contribution in [3.05, 3.63) is 42.0 Å². The number of aryl methyl sites for hydroxylation is 1. The number of hydrogen-bond donors (Lipinski definition) is 1. The van der Waals surface area contributed by atoms with Gasteiger partial charge < -0.3 is 9.88 Å². The molecule has 2 aromatic rings. The summed E-state index contributed by atoms with van der Waals surface area (Å²) in [5.41, 5.74) is 2.54. The van der Waals surface area contributed by atoms with Crippen LogP contribution in [-0.2, 0) is 13.6 Å². The summed E-state index contributed by atoms with van der Waals surface area (Å²) in [6.07, 6.45) is 8.23. The number of aromatic nitrogens is 3. The number of nitrogens with zero attached hydrogens (tertiary/aromatic N) is 3. The minimum atomic E-state index is 0.398. The van der Waals surface area contributed by atoms with Crippen LogP contribution in [0.25, 0.3) is 0 Å². The van der Waals surface area contributed by atoms with E-state index in [9.17, 15) is 0 Å². The van der Waals surface area contributed by atoms with E-state index >= 15 is 0 Å². The smallest absolute Gasteiger partial charge is 0.0539 e. The highest BCUT2D eigenvalue weighted by molar-refractivity contribution is 5.16. The minimum absolute atomic E-state index is 0.398. The van der Waals surface area contributed by atoms with Gasteiger partial charge in [0.05, 0.1) is 12.7 Å². The van der Waals surface area contributed by atoms with Gasteiger partial charge in [-0.2, -0.15) is 5.10 Å². The monoisotopic (exact) mass is 218 g/mol. The van der Waals surface area contributed by atoms with Crippen molar-refractivity contribution in [2.24, 2.45) is 7.05 Å². The Morgan fingerprint density at radius 3 is 2.88 bits per heavy atom. The fraction of sp³-hybridized carbons (Fsp3) is 0.417. The van der Waals surface area contributed by atoms with Crippen LogP contribution in [0.4, 0.5) is 0 Å². The summed E-state index contributed by atoms with van der Waals surface area (Å²) in [5, 5.41) is 7.39. The van der Waals surface area contributed by atoms with Gasteiger partial charge in [-0.25, -0.2) is 0 Å². The summed E-state index contributed by atoms with van der Waals surface area (Å²) in [6.45, 7) is 3.04. The van der Waals surface area contributed by atoms with Crippen LogP contribution in [-0.4, -0.2) is 21.4 Å². The summed E-state index contributed by atoms with van der Waals surface area (Å²) >= 11 is 0. The molecule has 0 fully saturated rings. The van der Waals surface area contributed by atoms with Crippen LogP contribution in [0, 0.1) is 0 Å². The SMILES string of the molecule is CNC(C)c1ccn(Cc2cnn(C)c2)c1. The van der Waals surface area contributed by atoms with Crippen LogP contribution in [0.3, 0.4) is 0 Å². The maximum absolute atomic E-state index is 4.16. The summed E-state index contributed by atoms with van der Waals surface area (Å²) in [5.74, 6) is 0. The fourth-order valence-electron chi connectivity index (χ4n) is 1.74. The highest BCUT2D eigenvalue weighted by atomic mass is 15.2. The highest BCUT2D eigenvalue weighted by Crippen LogP contribution is 2.13. The molecular weight excluding hydrogens is 200 g/mol. The van der Waals surface area contributed by atoms with Gasteiger partial charge in [0, 0.05) is 37.2 Å². The van der Waals surface area contributed by atoms with E-state index in [4.69, 9.17) is 0 Å². The Kier molecular flexibility index (Phi) is 3.10. The number of hydrogen-bond acceptors (Lipinski definition) is 2. The second kappa shape index (κ2) is 4.53. The molecule has 4 heteroatoms. The van der Waals surface area contributed by atoms with Gasteiger partial charge in [-0.05, 0) is 25.6 Å². The van der Waals surface area contributed by atoms with Crippen molar-refractivity contribution in [1.82, 2.24) is 19.7 Å². The van der Waals surface area contributed by atoms with E-state index in [1.807, 2.05) is 31.2 Å². The summed E-state index contributed by atoms with van der Waals surface area (Å²) in [7, 11) is 3.91. The zero-order valence-corrected chi connectivity index (χ0v) is 10.0. The van der Waals surface area contributed by atoms with Crippen LogP contribution >= 0.6 is 0 Å². The molecule has 2 heterocycles. The van der Waals surface area contributed by atoms with Gasteiger partial charge in [-0.3, -0.25) is 4.68 Å². The molecule has 0 radical (unpaired) electrons. The van der Waals surface area contributed by atoms with E-state index in [0.29, 0.717) is 6.04 Å². The molecule has 0 saturated carbocycles. The topological polar surface area (TPSA) is 34.8 Å². The lowest BCUT2D eigenvalue weighted by atomic mass is 10.2. The van der Waals surface area contributed by atoms with E-state index in [1.165, 1.54) is 11.1 Å². The van der Waals surface area contributed by atoms with Gasteiger partial charge in [-0.15, -0.1) is 0 Å². The van der Waals surface area contributed by atoms with E-state index in [1.54, 1.807) is 0 Å². The lowest BCUT2D eigenvalue weighted by Gasteiger charge is -2.06. The third kappa shape index (κ3) is 2.33. The second-order valence-corrected chi connectivity index (χ2v) is 4.15. The maximum Gasteiger partial charge on any atom is 0.0539 e. The predicted molar refractivity (Wildman–Crippen MR) is 64.2 cm³/mol. The lowest BCUT2D eigenvalue weighted by Crippen LogP contribution is -2.11. The van der Waals surface area contributed by atoms with E-state index in [-0.39, 0.29) is 0 Å². The van der Waals surface area contributed by atoms with Crippen LogP contribution in [0.5, 0.6) is 0 Å². The largest absolute Gasteiger partial charge is 0.349 e. The molecule has 86 valence electrons. The second-order valence-electron chi connectivity index (χ2n) is 4.15. The van der Waals surface area contributed by atoms with Crippen molar-refractivity contribution in [2.45, 2.75) is 19.5 Å². The first-order valence-corrected chi connectivity index (χ1v) is 5.49. The van der Waals surface area contributed by atoms with Crippen molar-refractivity contribution < 1.29 is 0 Å². The first kappa shape index (κ1) is 11.0. The van der Waals surface area contributed by atoms with Crippen molar-refractivity contribution in [3.63, 3.8) is 0 Å².